The fourth-order valence-electron chi connectivity index (χ4n) is 2.09. The van der Waals surface area contributed by atoms with Crippen molar-refractivity contribution < 1.29 is 18.7 Å². The Kier molecular flexibility index (Phi) is 8.91. The molecule has 0 aliphatic rings. The molecule has 1 unspecified atom stereocenters. The van der Waals surface area contributed by atoms with E-state index < -0.39 is 0 Å². The molecule has 0 fully saturated rings. The zero-order chi connectivity index (χ0) is 17.4. The van der Waals surface area contributed by atoms with E-state index in [9.17, 15) is 9.18 Å². The van der Waals surface area contributed by atoms with Crippen LogP contribution in [0.1, 0.15) is 12.0 Å². The Balaban J connectivity index is 0.00000312. The minimum atomic E-state index is -0.303. The number of carbonyl (C=O) groups excluding carboxylic acids is 1. The minimum absolute atomic E-state index is 0. The number of nitrogens with one attached hydrogen (secondary N) is 1. The maximum Gasteiger partial charge on any atom is 0.227 e. The summed E-state index contributed by atoms with van der Waals surface area (Å²) in [5.74, 6) is 0.150. The highest BCUT2D eigenvalue weighted by atomic mass is 35.5. The molecule has 0 heterocycles. The number of nitrogens with two attached hydrogens (primary N) is 1. The van der Waals surface area contributed by atoms with Gasteiger partial charge in [-0.05, 0) is 29.8 Å². The normalized spacial score (nSPS) is 11.3. The second-order valence-electron chi connectivity index (χ2n) is 5.29. The van der Waals surface area contributed by atoms with Crippen molar-refractivity contribution in [2.45, 2.75) is 19.1 Å². The largest absolute Gasteiger partial charge is 0.489 e. The molecule has 0 aliphatic carbocycles. The number of hydrogen-bond acceptors (Lipinski definition) is 4. The highest BCUT2D eigenvalue weighted by molar-refractivity contribution is 5.91. The number of halogens is 2. The fraction of sp³-hybridized carbons (Fsp3) is 0.278. The lowest BCUT2D eigenvalue weighted by Crippen LogP contribution is -2.28. The Hall–Kier alpha value is -2.15. The van der Waals surface area contributed by atoms with Crippen LogP contribution in [0, 0.1) is 5.82 Å². The molecule has 2 rings (SSSR count). The van der Waals surface area contributed by atoms with Crippen LogP contribution < -0.4 is 15.8 Å². The number of amides is 1. The molecule has 0 saturated carbocycles. The molecule has 0 aromatic heterocycles. The topological polar surface area (TPSA) is 73.6 Å². The predicted octanol–water partition coefficient (Wildman–Crippen LogP) is 3.13. The first-order valence-corrected chi connectivity index (χ1v) is 7.60. The predicted molar refractivity (Wildman–Crippen MR) is 97.5 cm³/mol. The summed E-state index contributed by atoms with van der Waals surface area (Å²) in [5, 5.41) is 2.78. The van der Waals surface area contributed by atoms with Crippen molar-refractivity contribution in [3.05, 3.63) is 59.9 Å². The lowest BCUT2D eigenvalue weighted by Gasteiger charge is -2.13. The van der Waals surface area contributed by atoms with Crippen molar-refractivity contribution in [2.24, 2.45) is 5.73 Å². The van der Waals surface area contributed by atoms with Crippen LogP contribution >= 0.6 is 12.4 Å². The zero-order valence-electron chi connectivity index (χ0n) is 13.9. The van der Waals surface area contributed by atoms with Crippen molar-refractivity contribution in [3.63, 3.8) is 0 Å². The number of benzene rings is 2. The van der Waals surface area contributed by atoms with Crippen molar-refractivity contribution in [1.82, 2.24) is 0 Å². The van der Waals surface area contributed by atoms with Gasteiger partial charge in [0.15, 0.2) is 0 Å². The van der Waals surface area contributed by atoms with Gasteiger partial charge in [0.25, 0.3) is 0 Å². The number of carbonyl (C=O) groups is 1. The van der Waals surface area contributed by atoms with Gasteiger partial charge in [0.05, 0.1) is 12.5 Å². The zero-order valence-corrected chi connectivity index (χ0v) is 14.7. The van der Waals surface area contributed by atoms with Crippen molar-refractivity contribution in [2.75, 3.05) is 19.0 Å². The van der Waals surface area contributed by atoms with Gasteiger partial charge in [-0.1, -0.05) is 18.2 Å². The third-order valence-corrected chi connectivity index (χ3v) is 3.45. The molecular weight excluding hydrogens is 347 g/mol. The van der Waals surface area contributed by atoms with E-state index in [2.05, 4.69) is 5.32 Å². The summed E-state index contributed by atoms with van der Waals surface area (Å²) in [6.07, 6.45) is -0.115. The quantitative estimate of drug-likeness (QED) is 0.750. The van der Waals surface area contributed by atoms with E-state index in [0.29, 0.717) is 18.0 Å². The van der Waals surface area contributed by atoms with Crippen LogP contribution in [0.4, 0.5) is 10.1 Å². The molecule has 0 bridgehead atoms. The van der Waals surface area contributed by atoms with E-state index in [1.807, 2.05) is 0 Å². The van der Waals surface area contributed by atoms with Crippen LogP contribution in [-0.2, 0) is 16.1 Å². The molecule has 136 valence electrons. The van der Waals surface area contributed by atoms with Gasteiger partial charge in [-0.3, -0.25) is 4.79 Å². The first-order valence-electron chi connectivity index (χ1n) is 7.60. The molecule has 2 aromatic carbocycles. The Morgan fingerprint density at radius 3 is 2.60 bits per heavy atom. The first kappa shape index (κ1) is 20.9. The Bertz CT molecular complexity index is 664. The van der Waals surface area contributed by atoms with Crippen molar-refractivity contribution in [3.8, 4) is 5.75 Å². The van der Waals surface area contributed by atoms with Gasteiger partial charge in [0.2, 0.25) is 5.91 Å². The summed E-state index contributed by atoms with van der Waals surface area (Å²) in [7, 11) is 1.52. The minimum Gasteiger partial charge on any atom is -0.489 e. The fourth-order valence-corrected chi connectivity index (χ4v) is 2.09. The number of methoxy groups -OCH3 is 1. The Morgan fingerprint density at radius 1 is 1.24 bits per heavy atom. The standard InChI is InChI=1S/C18H21FN2O3.ClH/c1-23-17(11-20)10-18(22)21-15-3-2-4-16(9-15)24-12-13-5-7-14(19)8-6-13;/h2-9,17H,10-12,20H2,1H3,(H,21,22);1H. The third-order valence-electron chi connectivity index (χ3n) is 3.45. The van der Waals surface area contributed by atoms with E-state index in [4.69, 9.17) is 15.2 Å². The van der Waals surface area contributed by atoms with Gasteiger partial charge in [0.1, 0.15) is 18.2 Å². The Labute approximate surface area is 152 Å². The summed E-state index contributed by atoms with van der Waals surface area (Å²) < 4.78 is 23.6. The van der Waals surface area contributed by atoms with E-state index in [0.717, 1.165) is 5.56 Å². The summed E-state index contributed by atoms with van der Waals surface area (Å²) >= 11 is 0. The van der Waals surface area contributed by atoms with E-state index in [1.54, 1.807) is 36.4 Å². The number of anilines is 1. The molecule has 1 atom stereocenters. The second kappa shape index (κ2) is 10.7. The van der Waals surface area contributed by atoms with Crippen LogP contribution in [-0.4, -0.2) is 25.7 Å². The number of hydrogen-bond donors (Lipinski definition) is 2. The smallest absolute Gasteiger partial charge is 0.227 e. The molecule has 7 heteroatoms. The SMILES string of the molecule is COC(CN)CC(=O)Nc1cccc(OCc2ccc(F)cc2)c1.Cl. The van der Waals surface area contributed by atoms with Crippen molar-refractivity contribution >= 4 is 24.0 Å². The van der Waals surface area contributed by atoms with Gasteiger partial charge in [-0.25, -0.2) is 4.39 Å². The second-order valence-corrected chi connectivity index (χ2v) is 5.29. The van der Waals surface area contributed by atoms with Crippen LogP contribution in [0.25, 0.3) is 0 Å². The van der Waals surface area contributed by atoms with Crippen LogP contribution in [0.3, 0.4) is 0 Å². The van der Waals surface area contributed by atoms with Gasteiger partial charge in [-0.15, -0.1) is 12.4 Å². The molecule has 0 aliphatic heterocycles. The van der Waals surface area contributed by atoms with Crippen LogP contribution in [0.5, 0.6) is 5.75 Å². The molecule has 3 N–H and O–H groups in total. The average Bonchev–Trinajstić information content (AvgIpc) is 2.59. The summed E-state index contributed by atoms with van der Waals surface area (Å²) in [5.41, 5.74) is 6.99. The molecule has 0 radical (unpaired) electrons. The average molecular weight is 369 g/mol. The lowest BCUT2D eigenvalue weighted by molar-refractivity contribution is -0.118. The van der Waals surface area contributed by atoms with Crippen LogP contribution in [0.15, 0.2) is 48.5 Å². The maximum absolute atomic E-state index is 12.9. The van der Waals surface area contributed by atoms with E-state index in [1.165, 1.54) is 19.2 Å². The molecule has 0 spiro atoms. The molecule has 25 heavy (non-hydrogen) atoms. The summed E-state index contributed by atoms with van der Waals surface area (Å²) in [6.45, 7) is 0.599. The maximum atomic E-state index is 12.9. The van der Waals surface area contributed by atoms with Gasteiger partial charge in [-0.2, -0.15) is 0 Å². The molecular formula is C18H22ClFN2O3. The summed E-state index contributed by atoms with van der Waals surface area (Å²) in [4.78, 5) is 11.9. The van der Waals surface area contributed by atoms with Crippen molar-refractivity contribution in [1.29, 1.82) is 0 Å². The highest BCUT2D eigenvalue weighted by Crippen LogP contribution is 2.19. The summed E-state index contributed by atoms with van der Waals surface area (Å²) in [6, 6.07) is 13.2. The molecule has 5 nitrogen and oxygen atoms in total. The number of rotatable bonds is 8. The number of ether oxygens (including phenoxy) is 2. The van der Waals surface area contributed by atoms with Gasteiger partial charge in [0, 0.05) is 25.4 Å². The van der Waals surface area contributed by atoms with Gasteiger partial charge >= 0.3 is 0 Å². The van der Waals surface area contributed by atoms with E-state index >= 15 is 0 Å². The molecule has 1 amide bonds. The lowest BCUT2D eigenvalue weighted by atomic mass is 10.2. The first-order chi connectivity index (χ1) is 11.6. The Morgan fingerprint density at radius 2 is 1.96 bits per heavy atom. The van der Waals surface area contributed by atoms with Crippen LogP contribution in [0.2, 0.25) is 0 Å². The molecule has 0 saturated heterocycles. The molecule has 2 aromatic rings. The van der Waals surface area contributed by atoms with Gasteiger partial charge < -0.3 is 20.5 Å². The highest BCUT2D eigenvalue weighted by Gasteiger charge is 2.11. The third kappa shape index (κ3) is 7.09. The van der Waals surface area contributed by atoms with E-state index in [-0.39, 0.29) is 43.2 Å². The monoisotopic (exact) mass is 368 g/mol.